The van der Waals surface area contributed by atoms with E-state index >= 15 is 0 Å². The van der Waals surface area contributed by atoms with Gasteiger partial charge in [0.15, 0.2) is 5.84 Å². The largest absolute Gasteiger partial charge is 0.409 e. The van der Waals surface area contributed by atoms with Crippen molar-refractivity contribution in [3.63, 3.8) is 0 Å². The molecule has 0 aliphatic carbocycles. The van der Waals surface area contributed by atoms with Crippen LogP contribution in [0.1, 0.15) is 12.5 Å². The summed E-state index contributed by atoms with van der Waals surface area (Å²) in [4.78, 5) is 1.76. The fourth-order valence-electron chi connectivity index (χ4n) is 2.08. The van der Waals surface area contributed by atoms with Crippen molar-refractivity contribution < 1.29 is 9.60 Å². The number of amidine groups is 1. The summed E-state index contributed by atoms with van der Waals surface area (Å²) in [6.45, 7) is 2.45. The lowest BCUT2D eigenvalue weighted by molar-refractivity contribution is 0.318. The summed E-state index contributed by atoms with van der Waals surface area (Å²) in [5, 5.41) is 12.0. The highest BCUT2D eigenvalue weighted by molar-refractivity contribution is 6.33. The van der Waals surface area contributed by atoms with E-state index in [1.165, 1.54) is 6.07 Å². The molecule has 3 N–H and O–H groups in total. The van der Waals surface area contributed by atoms with E-state index < -0.39 is 0 Å². The van der Waals surface area contributed by atoms with E-state index in [0.717, 1.165) is 0 Å². The molecule has 0 bridgehead atoms. The number of para-hydroxylation sites is 1. The highest BCUT2D eigenvalue weighted by atomic mass is 35.5. The van der Waals surface area contributed by atoms with E-state index in [2.05, 4.69) is 5.16 Å². The van der Waals surface area contributed by atoms with Crippen LogP contribution in [0.4, 0.5) is 15.8 Å². The van der Waals surface area contributed by atoms with Gasteiger partial charge in [-0.05, 0) is 37.3 Å². The van der Waals surface area contributed by atoms with Crippen LogP contribution in [-0.2, 0) is 0 Å². The quantitative estimate of drug-likeness (QED) is 0.391. The van der Waals surface area contributed by atoms with Crippen molar-refractivity contribution in [2.24, 2.45) is 10.9 Å². The van der Waals surface area contributed by atoms with Crippen molar-refractivity contribution >= 4 is 28.8 Å². The number of benzene rings is 2. The first-order valence-electron chi connectivity index (χ1n) is 6.38. The van der Waals surface area contributed by atoms with Crippen LogP contribution in [0.15, 0.2) is 47.6 Å². The predicted molar refractivity (Wildman–Crippen MR) is 83.0 cm³/mol. The van der Waals surface area contributed by atoms with Gasteiger partial charge in [-0.15, -0.1) is 0 Å². The highest BCUT2D eigenvalue weighted by Crippen LogP contribution is 2.33. The van der Waals surface area contributed by atoms with Gasteiger partial charge in [0.05, 0.1) is 16.4 Å². The maximum Gasteiger partial charge on any atom is 0.170 e. The van der Waals surface area contributed by atoms with Gasteiger partial charge in [0.1, 0.15) is 5.82 Å². The Morgan fingerprint density at radius 3 is 2.57 bits per heavy atom. The second-order valence-electron chi connectivity index (χ2n) is 4.35. The Hall–Kier alpha value is -2.27. The van der Waals surface area contributed by atoms with Crippen LogP contribution in [0, 0.1) is 5.82 Å². The van der Waals surface area contributed by atoms with E-state index in [1.807, 2.05) is 6.92 Å². The molecule has 0 atom stereocenters. The van der Waals surface area contributed by atoms with Crippen LogP contribution in [0.5, 0.6) is 0 Å². The first-order chi connectivity index (χ1) is 10.1. The molecular weight excluding hydrogens is 293 g/mol. The minimum absolute atomic E-state index is 0.0302. The van der Waals surface area contributed by atoms with Gasteiger partial charge in [-0.25, -0.2) is 4.39 Å². The van der Waals surface area contributed by atoms with Crippen LogP contribution in [0.25, 0.3) is 0 Å². The van der Waals surface area contributed by atoms with Gasteiger partial charge in [-0.2, -0.15) is 0 Å². The second kappa shape index (κ2) is 6.45. The van der Waals surface area contributed by atoms with Crippen molar-refractivity contribution in [1.29, 1.82) is 0 Å². The number of anilines is 2. The summed E-state index contributed by atoms with van der Waals surface area (Å²) in [7, 11) is 0. The summed E-state index contributed by atoms with van der Waals surface area (Å²) in [5.41, 5.74) is 7.12. The smallest absolute Gasteiger partial charge is 0.170 e. The Morgan fingerprint density at radius 2 is 2.00 bits per heavy atom. The van der Waals surface area contributed by atoms with E-state index in [-0.39, 0.29) is 11.7 Å². The number of nitrogens with two attached hydrogens (primary N) is 1. The lowest BCUT2D eigenvalue weighted by Crippen LogP contribution is -2.19. The Morgan fingerprint density at radius 1 is 1.29 bits per heavy atom. The molecule has 6 heteroatoms. The van der Waals surface area contributed by atoms with E-state index in [1.54, 1.807) is 41.3 Å². The normalized spacial score (nSPS) is 11.5. The first kappa shape index (κ1) is 15.1. The average molecular weight is 308 g/mol. The molecular formula is C15H15ClFN3O. The molecule has 0 aromatic heterocycles. The fraction of sp³-hybridized carbons (Fsp3) is 0.133. The third kappa shape index (κ3) is 3.08. The molecule has 0 amide bonds. The Labute approximate surface area is 127 Å². The molecule has 2 aromatic carbocycles. The lowest BCUT2D eigenvalue weighted by Gasteiger charge is -2.25. The fourth-order valence-corrected chi connectivity index (χ4v) is 2.37. The summed E-state index contributed by atoms with van der Waals surface area (Å²) in [6.07, 6.45) is 0. The van der Waals surface area contributed by atoms with Crippen LogP contribution in [0.3, 0.4) is 0 Å². The third-order valence-corrected chi connectivity index (χ3v) is 3.40. The number of hydrogen-bond donors (Lipinski definition) is 2. The van der Waals surface area contributed by atoms with E-state index in [4.69, 9.17) is 22.5 Å². The van der Waals surface area contributed by atoms with Gasteiger partial charge in [0.25, 0.3) is 0 Å². The molecule has 0 unspecified atom stereocenters. The monoisotopic (exact) mass is 307 g/mol. The van der Waals surface area contributed by atoms with Crippen molar-refractivity contribution in [3.05, 3.63) is 58.9 Å². The van der Waals surface area contributed by atoms with Gasteiger partial charge in [0, 0.05) is 12.1 Å². The van der Waals surface area contributed by atoms with Crippen LogP contribution < -0.4 is 10.6 Å². The molecule has 0 aliphatic rings. The van der Waals surface area contributed by atoms with Gasteiger partial charge < -0.3 is 15.8 Å². The topological polar surface area (TPSA) is 61.8 Å². The van der Waals surface area contributed by atoms with Gasteiger partial charge >= 0.3 is 0 Å². The summed E-state index contributed by atoms with van der Waals surface area (Å²) >= 11 is 6.25. The summed E-state index contributed by atoms with van der Waals surface area (Å²) in [6, 6.07) is 11.4. The molecule has 4 nitrogen and oxygen atoms in total. The minimum Gasteiger partial charge on any atom is -0.409 e. The van der Waals surface area contributed by atoms with Crippen molar-refractivity contribution in [2.75, 3.05) is 11.4 Å². The van der Waals surface area contributed by atoms with Gasteiger partial charge in [-0.3, -0.25) is 0 Å². The Kier molecular flexibility index (Phi) is 4.65. The molecule has 0 heterocycles. The molecule has 21 heavy (non-hydrogen) atoms. The van der Waals surface area contributed by atoms with Crippen LogP contribution in [0.2, 0.25) is 5.02 Å². The Bertz CT molecular complexity index is 676. The molecule has 0 aliphatic heterocycles. The number of halogens is 2. The maximum atomic E-state index is 13.9. The standard InChI is InChI=1S/C15H15ClFN3O/c1-2-20(14-6-4-3-5-12(14)17)13-8-7-10(9-11(13)16)15(18)19-21/h3-9,21H,2H2,1H3,(H2,18,19). The third-order valence-electron chi connectivity index (χ3n) is 3.10. The van der Waals surface area contributed by atoms with Crippen LogP contribution in [-0.4, -0.2) is 17.6 Å². The molecule has 0 fully saturated rings. The first-order valence-corrected chi connectivity index (χ1v) is 6.75. The predicted octanol–water partition coefficient (Wildman–Crippen LogP) is 3.73. The zero-order valence-electron chi connectivity index (χ0n) is 11.4. The second-order valence-corrected chi connectivity index (χ2v) is 4.75. The number of hydrogen-bond acceptors (Lipinski definition) is 3. The van der Waals surface area contributed by atoms with Gasteiger partial charge in [-0.1, -0.05) is 28.9 Å². The zero-order valence-corrected chi connectivity index (χ0v) is 12.2. The summed E-state index contributed by atoms with van der Waals surface area (Å²) < 4.78 is 13.9. The SMILES string of the molecule is CCN(c1ccccc1F)c1ccc(C(N)=NO)cc1Cl. The van der Waals surface area contributed by atoms with E-state index in [9.17, 15) is 4.39 Å². The lowest BCUT2D eigenvalue weighted by atomic mass is 10.1. The molecule has 110 valence electrons. The Balaban J connectivity index is 2.47. The summed E-state index contributed by atoms with van der Waals surface area (Å²) in [5.74, 6) is -0.353. The molecule has 0 saturated heterocycles. The number of rotatable bonds is 4. The number of nitrogens with zero attached hydrogens (tertiary/aromatic N) is 2. The molecule has 0 radical (unpaired) electrons. The van der Waals surface area contributed by atoms with E-state index in [0.29, 0.717) is 28.5 Å². The van der Waals surface area contributed by atoms with Crippen molar-refractivity contribution in [1.82, 2.24) is 0 Å². The highest BCUT2D eigenvalue weighted by Gasteiger charge is 2.15. The number of oxime groups is 1. The molecule has 0 saturated carbocycles. The maximum absolute atomic E-state index is 13.9. The minimum atomic E-state index is -0.323. The average Bonchev–Trinajstić information content (AvgIpc) is 2.50. The zero-order chi connectivity index (χ0) is 15.4. The van der Waals surface area contributed by atoms with Gasteiger partial charge in [0.2, 0.25) is 0 Å². The van der Waals surface area contributed by atoms with Crippen molar-refractivity contribution in [2.45, 2.75) is 6.92 Å². The van der Waals surface area contributed by atoms with Crippen molar-refractivity contribution in [3.8, 4) is 0 Å². The molecule has 2 aromatic rings. The van der Waals surface area contributed by atoms with Crippen LogP contribution >= 0.6 is 11.6 Å². The molecule has 2 rings (SSSR count). The molecule has 0 spiro atoms.